The van der Waals surface area contributed by atoms with Crippen molar-refractivity contribution in [1.29, 1.82) is 0 Å². The summed E-state index contributed by atoms with van der Waals surface area (Å²) in [4.78, 5) is 0. The van der Waals surface area contributed by atoms with Crippen molar-refractivity contribution in [3.8, 4) is 5.75 Å². The molecule has 2 rings (SSSR count). The zero-order chi connectivity index (χ0) is 14.5. The molecular formula is C17H20FNO. The summed E-state index contributed by atoms with van der Waals surface area (Å²) in [5, 5.41) is 12.9. The lowest BCUT2D eigenvalue weighted by molar-refractivity contribution is 0.435. The summed E-state index contributed by atoms with van der Waals surface area (Å²) in [6, 6.07) is 14.0. The third-order valence-electron chi connectivity index (χ3n) is 3.51. The zero-order valence-electron chi connectivity index (χ0n) is 11.8. The van der Waals surface area contributed by atoms with Gasteiger partial charge in [-0.2, -0.15) is 0 Å². The van der Waals surface area contributed by atoms with Crippen LogP contribution in [0.4, 0.5) is 4.39 Å². The Morgan fingerprint density at radius 3 is 2.55 bits per heavy atom. The summed E-state index contributed by atoms with van der Waals surface area (Å²) < 4.78 is 13.9. The lowest BCUT2D eigenvalue weighted by Gasteiger charge is -2.23. The topological polar surface area (TPSA) is 32.3 Å². The van der Waals surface area contributed by atoms with Gasteiger partial charge in [-0.3, -0.25) is 0 Å². The van der Waals surface area contributed by atoms with Crippen molar-refractivity contribution in [2.45, 2.75) is 32.4 Å². The molecule has 0 saturated heterocycles. The molecule has 2 unspecified atom stereocenters. The van der Waals surface area contributed by atoms with E-state index < -0.39 is 0 Å². The average Bonchev–Trinajstić information content (AvgIpc) is 2.45. The molecule has 106 valence electrons. The molecule has 0 aromatic heterocycles. The van der Waals surface area contributed by atoms with Crippen LogP contribution in [0.15, 0.2) is 48.5 Å². The van der Waals surface area contributed by atoms with E-state index in [0.29, 0.717) is 5.56 Å². The highest BCUT2D eigenvalue weighted by Gasteiger charge is 2.16. The van der Waals surface area contributed by atoms with Crippen molar-refractivity contribution in [3.63, 3.8) is 0 Å². The fourth-order valence-corrected chi connectivity index (χ4v) is 2.38. The van der Waals surface area contributed by atoms with Gasteiger partial charge in [0.05, 0.1) is 0 Å². The van der Waals surface area contributed by atoms with E-state index in [9.17, 15) is 9.50 Å². The number of benzene rings is 2. The van der Waals surface area contributed by atoms with Gasteiger partial charge in [0, 0.05) is 17.6 Å². The highest BCUT2D eigenvalue weighted by molar-refractivity contribution is 5.29. The number of hydrogen-bond donors (Lipinski definition) is 2. The van der Waals surface area contributed by atoms with Crippen LogP contribution in [0.1, 0.15) is 43.5 Å². The number of nitrogens with one attached hydrogen (secondary N) is 1. The Kier molecular flexibility index (Phi) is 4.74. The SMILES string of the molecule is CCC(NC(C)c1cccc(O)c1)c1ccccc1F. The average molecular weight is 273 g/mol. The van der Waals surface area contributed by atoms with Gasteiger partial charge in [0.2, 0.25) is 0 Å². The molecule has 0 aliphatic carbocycles. The van der Waals surface area contributed by atoms with Crippen molar-refractivity contribution in [2.75, 3.05) is 0 Å². The van der Waals surface area contributed by atoms with Crippen LogP contribution in [0, 0.1) is 5.82 Å². The smallest absolute Gasteiger partial charge is 0.127 e. The van der Waals surface area contributed by atoms with E-state index in [0.717, 1.165) is 12.0 Å². The highest BCUT2D eigenvalue weighted by Crippen LogP contribution is 2.25. The summed E-state index contributed by atoms with van der Waals surface area (Å²) in [7, 11) is 0. The van der Waals surface area contributed by atoms with Crippen molar-refractivity contribution in [1.82, 2.24) is 5.32 Å². The fraction of sp³-hybridized carbons (Fsp3) is 0.294. The first-order chi connectivity index (χ1) is 9.61. The van der Waals surface area contributed by atoms with Gasteiger partial charge >= 0.3 is 0 Å². The summed E-state index contributed by atoms with van der Waals surface area (Å²) in [5.41, 5.74) is 1.67. The molecule has 0 fully saturated rings. The molecule has 20 heavy (non-hydrogen) atoms. The van der Waals surface area contributed by atoms with Crippen LogP contribution in [0.2, 0.25) is 0 Å². The van der Waals surface area contributed by atoms with Gasteiger partial charge in [-0.05, 0) is 37.1 Å². The number of rotatable bonds is 5. The van der Waals surface area contributed by atoms with E-state index >= 15 is 0 Å². The van der Waals surface area contributed by atoms with Crippen LogP contribution in [0.25, 0.3) is 0 Å². The van der Waals surface area contributed by atoms with E-state index in [2.05, 4.69) is 5.32 Å². The van der Waals surface area contributed by atoms with Crippen LogP contribution < -0.4 is 5.32 Å². The predicted octanol–water partition coefficient (Wildman–Crippen LogP) is 4.33. The van der Waals surface area contributed by atoms with Crippen LogP contribution in [-0.2, 0) is 0 Å². The largest absolute Gasteiger partial charge is 0.508 e. The molecule has 0 spiro atoms. The Morgan fingerprint density at radius 2 is 1.90 bits per heavy atom. The Morgan fingerprint density at radius 1 is 1.15 bits per heavy atom. The molecule has 0 saturated carbocycles. The number of phenolic OH excluding ortho intramolecular Hbond substituents is 1. The van der Waals surface area contributed by atoms with E-state index in [-0.39, 0.29) is 23.7 Å². The van der Waals surface area contributed by atoms with Gasteiger partial charge in [0.15, 0.2) is 0 Å². The molecule has 0 heterocycles. The standard InChI is InChI=1S/C17H20FNO/c1-3-17(15-9-4-5-10-16(15)18)19-12(2)13-7-6-8-14(20)11-13/h4-12,17,19-20H,3H2,1-2H3. The zero-order valence-corrected chi connectivity index (χ0v) is 11.8. The molecule has 2 nitrogen and oxygen atoms in total. The monoisotopic (exact) mass is 273 g/mol. The molecule has 0 amide bonds. The van der Waals surface area contributed by atoms with Gasteiger partial charge in [0.1, 0.15) is 11.6 Å². The number of aromatic hydroxyl groups is 1. The maximum Gasteiger partial charge on any atom is 0.127 e. The summed E-state index contributed by atoms with van der Waals surface area (Å²) in [5.74, 6) is 0.0602. The quantitative estimate of drug-likeness (QED) is 0.849. The van der Waals surface area contributed by atoms with Gasteiger partial charge in [-0.1, -0.05) is 37.3 Å². The Labute approximate surface area is 119 Å². The Bertz CT molecular complexity index is 570. The molecular weight excluding hydrogens is 253 g/mol. The summed E-state index contributed by atoms with van der Waals surface area (Å²) in [6.07, 6.45) is 0.796. The van der Waals surface area contributed by atoms with Gasteiger partial charge in [0.25, 0.3) is 0 Å². The van der Waals surface area contributed by atoms with Gasteiger partial charge in [-0.15, -0.1) is 0 Å². The van der Waals surface area contributed by atoms with Crippen LogP contribution in [0.5, 0.6) is 5.75 Å². The van der Waals surface area contributed by atoms with E-state index in [1.54, 1.807) is 18.2 Å². The molecule has 2 N–H and O–H groups in total. The molecule has 0 radical (unpaired) electrons. The van der Waals surface area contributed by atoms with Crippen molar-refractivity contribution >= 4 is 0 Å². The normalized spacial score (nSPS) is 13.9. The van der Waals surface area contributed by atoms with Crippen molar-refractivity contribution in [2.24, 2.45) is 0 Å². The minimum absolute atomic E-state index is 0.0339. The lowest BCUT2D eigenvalue weighted by Crippen LogP contribution is -2.25. The van der Waals surface area contributed by atoms with Gasteiger partial charge in [-0.25, -0.2) is 4.39 Å². The van der Waals surface area contributed by atoms with Crippen LogP contribution >= 0.6 is 0 Å². The molecule has 0 aliphatic rings. The molecule has 2 atom stereocenters. The molecule has 2 aromatic rings. The Balaban J connectivity index is 2.16. The Hall–Kier alpha value is -1.87. The third kappa shape index (κ3) is 3.36. The van der Waals surface area contributed by atoms with E-state index in [1.165, 1.54) is 6.07 Å². The molecule has 2 aromatic carbocycles. The maximum absolute atomic E-state index is 13.9. The first-order valence-corrected chi connectivity index (χ1v) is 6.91. The second-order valence-corrected chi connectivity index (χ2v) is 4.97. The second kappa shape index (κ2) is 6.53. The minimum atomic E-state index is -0.185. The third-order valence-corrected chi connectivity index (χ3v) is 3.51. The van der Waals surface area contributed by atoms with E-state index in [1.807, 2.05) is 38.1 Å². The first-order valence-electron chi connectivity index (χ1n) is 6.91. The molecule has 0 bridgehead atoms. The number of halogens is 1. The second-order valence-electron chi connectivity index (χ2n) is 4.97. The van der Waals surface area contributed by atoms with Crippen molar-refractivity contribution in [3.05, 3.63) is 65.5 Å². The number of phenols is 1. The molecule has 3 heteroatoms. The lowest BCUT2D eigenvalue weighted by atomic mass is 10.0. The van der Waals surface area contributed by atoms with Gasteiger partial charge < -0.3 is 10.4 Å². The fourth-order valence-electron chi connectivity index (χ4n) is 2.38. The summed E-state index contributed by atoms with van der Waals surface area (Å²) >= 11 is 0. The van der Waals surface area contributed by atoms with Crippen molar-refractivity contribution < 1.29 is 9.50 Å². The van der Waals surface area contributed by atoms with Crippen LogP contribution in [-0.4, -0.2) is 5.11 Å². The molecule has 0 aliphatic heterocycles. The first kappa shape index (κ1) is 14.5. The minimum Gasteiger partial charge on any atom is -0.508 e. The predicted molar refractivity (Wildman–Crippen MR) is 79.1 cm³/mol. The summed E-state index contributed by atoms with van der Waals surface area (Å²) in [6.45, 7) is 4.04. The van der Waals surface area contributed by atoms with E-state index in [4.69, 9.17) is 0 Å². The van der Waals surface area contributed by atoms with Crippen LogP contribution in [0.3, 0.4) is 0 Å². The number of hydrogen-bond acceptors (Lipinski definition) is 2. The maximum atomic E-state index is 13.9. The highest BCUT2D eigenvalue weighted by atomic mass is 19.1.